The van der Waals surface area contributed by atoms with E-state index in [0.29, 0.717) is 34.7 Å². The zero-order chi connectivity index (χ0) is 15.1. The molecule has 0 aliphatic heterocycles. The first kappa shape index (κ1) is 15.7. The highest BCUT2D eigenvalue weighted by Crippen LogP contribution is 2.17. The second kappa shape index (κ2) is 7.95. The number of ether oxygens (including phenoxy) is 1. The lowest BCUT2D eigenvalue weighted by atomic mass is 10.3. The van der Waals surface area contributed by atoms with E-state index in [-0.39, 0.29) is 5.91 Å². The Balaban J connectivity index is 1.60. The van der Waals surface area contributed by atoms with Gasteiger partial charge in [0.2, 0.25) is 5.91 Å². The molecule has 0 radical (unpaired) electrons. The van der Waals surface area contributed by atoms with Crippen LogP contribution in [-0.2, 0) is 4.79 Å². The Labute approximate surface area is 132 Å². The number of hydrogen-bond donors (Lipinski definition) is 1. The van der Waals surface area contributed by atoms with E-state index in [9.17, 15) is 4.79 Å². The second-order valence-corrected chi connectivity index (χ2v) is 5.77. The molecule has 21 heavy (non-hydrogen) atoms. The summed E-state index contributed by atoms with van der Waals surface area (Å²) in [6, 6.07) is 8.89. The van der Waals surface area contributed by atoms with Crippen LogP contribution in [-0.4, -0.2) is 29.2 Å². The lowest BCUT2D eigenvalue weighted by Gasteiger charge is -2.06. The molecule has 0 aliphatic carbocycles. The molecule has 0 saturated carbocycles. The Morgan fingerprint density at radius 3 is 3.05 bits per heavy atom. The van der Waals surface area contributed by atoms with Crippen molar-refractivity contribution in [3.8, 4) is 5.75 Å². The summed E-state index contributed by atoms with van der Waals surface area (Å²) in [6.07, 6.45) is 0. The minimum absolute atomic E-state index is 0.115. The van der Waals surface area contributed by atoms with E-state index in [1.807, 2.05) is 12.1 Å². The van der Waals surface area contributed by atoms with Gasteiger partial charge < -0.3 is 14.6 Å². The summed E-state index contributed by atoms with van der Waals surface area (Å²) in [5, 5.41) is 6.99. The van der Waals surface area contributed by atoms with Gasteiger partial charge in [-0.05, 0) is 25.1 Å². The third-order valence-electron chi connectivity index (χ3n) is 2.42. The molecule has 1 aromatic heterocycles. The van der Waals surface area contributed by atoms with E-state index >= 15 is 0 Å². The van der Waals surface area contributed by atoms with Crippen LogP contribution in [0.2, 0.25) is 5.02 Å². The average Bonchev–Trinajstić information content (AvgIpc) is 2.84. The summed E-state index contributed by atoms with van der Waals surface area (Å²) in [6.45, 7) is 2.28. The van der Waals surface area contributed by atoms with E-state index < -0.39 is 0 Å². The van der Waals surface area contributed by atoms with E-state index in [1.54, 1.807) is 25.1 Å². The van der Waals surface area contributed by atoms with Crippen LogP contribution in [0.1, 0.15) is 5.76 Å². The number of hydrogen-bond acceptors (Lipinski definition) is 5. The highest BCUT2D eigenvalue weighted by atomic mass is 35.5. The Morgan fingerprint density at radius 2 is 2.33 bits per heavy atom. The predicted octanol–water partition coefficient (Wildman–Crippen LogP) is 3.39. The van der Waals surface area contributed by atoms with Crippen molar-refractivity contribution in [2.24, 2.45) is 0 Å². The first-order valence-corrected chi connectivity index (χ1v) is 7.86. The zero-order valence-corrected chi connectivity index (χ0v) is 13.0. The molecule has 1 N–H and O–H groups in total. The maximum absolute atomic E-state index is 11.6. The first-order valence-electron chi connectivity index (χ1n) is 6.33. The molecule has 1 amide bonds. The van der Waals surface area contributed by atoms with Gasteiger partial charge in [0.05, 0.1) is 12.4 Å². The van der Waals surface area contributed by atoms with Gasteiger partial charge in [0.1, 0.15) is 11.5 Å². The molecule has 2 aromatic rings. The minimum Gasteiger partial charge on any atom is -0.493 e. The maximum Gasteiger partial charge on any atom is 0.235 e. The Kier molecular flexibility index (Phi) is 5.95. The van der Waals surface area contributed by atoms with Gasteiger partial charge >= 0.3 is 0 Å². The summed E-state index contributed by atoms with van der Waals surface area (Å²) < 4.78 is 10.4. The molecule has 0 fully saturated rings. The molecule has 0 unspecified atom stereocenters. The van der Waals surface area contributed by atoms with Crippen molar-refractivity contribution in [3.05, 3.63) is 41.1 Å². The topological polar surface area (TPSA) is 64.4 Å². The zero-order valence-electron chi connectivity index (χ0n) is 11.5. The summed E-state index contributed by atoms with van der Waals surface area (Å²) in [7, 11) is 0. The monoisotopic (exact) mass is 326 g/mol. The number of benzene rings is 1. The van der Waals surface area contributed by atoms with Gasteiger partial charge in [0.15, 0.2) is 5.82 Å². The number of halogens is 1. The van der Waals surface area contributed by atoms with Gasteiger partial charge in [-0.15, -0.1) is 11.8 Å². The molecule has 0 spiro atoms. The first-order chi connectivity index (χ1) is 10.1. The van der Waals surface area contributed by atoms with Crippen molar-refractivity contribution >= 4 is 35.1 Å². The van der Waals surface area contributed by atoms with Crippen LogP contribution in [0.3, 0.4) is 0 Å². The number of nitrogens with zero attached hydrogens (tertiary/aromatic N) is 1. The van der Waals surface area contributed by atoms with E-state index in [4.69, 9.17) is 20.9 Å². The summed E-state index contributed by atoms with van der Waals surface area (Å²) in [5.41, 5.74) is 0. The predicted molar refractivity (Wildman–Crippen MR) is 84.1 cm³/mol. The fourth-order valence-corrected chi connectivity index (χ4v) is 2.33. The molecule has 2 rings (SSSR count). The lowest BCUT2D eigenvalue weighted by molar-refractivity contribution is -0.113. The maximum atomic E-state index is 11.6. The smallest absolute Gasteiger partial charge is 0.235 e. The molecule has 0 bridgehead atoms. The molecular formula is C14H15ClN2O3S. The molecule has 0 saturated heterocycles. The number of aromatic nitrogens is 1. The van der Waals surface area contributed by atoms with Crippen LogP contribution in [0.5, 0.6) is 5.75 Å². The van der Waals surface area contributed by atoms with Gasteiger partial charge in [-0.25, -0.2) is 0 Å². The molecule has 0 atom stereocenters. The fourth-order valence-electron chi connectivity index (χ4n) is 1.54. The fraction of sp³-hybridized carbons (Fsp3) is 0.286. The highest BCUT2D eigenvalue weighted by Gasteiger charge is 2.06. The molecule has 1 aromatic carbocycles. The highest BCUT2D eigenvalue weighted by molar-refractivity contribution is 7.99. The number of carbonyl (C=O) groups is 1. The number of thioether (sulfide) groups is 1. The van der Waals surface area contributed by atoms with Crippen LogP contribution < -0.4 is 10.1 Å². The van der Waals surface area contributed by atoms with Gasteiger partial charge in [0.25, 0.3) is 0 Å². The van der Waals surface area contributed by atoms with Crippen LogP contribution in [0.15, 0.2) is 34.9 Å². The van der Waals surface area contributed by atoms with Crippen LogP contribution >= 0.6 is 23.4 Å². The van der Waals surface area contributed by atoms with Crippen molar-refractivity contribution in [2.45, 2.75) is 6.92 Å². The van der Waals surface area contributed by atoms with Gasteiger partial charge in [0, 0.05) is 16.8 Å². The normalized spacial score (nSPS) is 10.4. The SMILES string of the molecule is Cc1cc(NC(=O)CSCCOc2cccc(Cl)c2)no1. The standard InChI is InChI=1S/C14H15ClN2O3S/c1-10-7-13(17-20-10)16-14(18)9-21-6-5-19-12-4-2-3-11(15)8-12/h2-4,7-8H,5-6,9H2,1H3,(H,16,17,18). The quantitative estimate of drug-likeness (QED) is 0.790. The molecular weight excluding hydrogens is 312 g/mol. The molecule has 1 heterocycles. The largest absolute Gasteiger partial charge is 0.493 e. The van der Waals surface area contributed by atoms with Crippen molar-refractivity contribution in [1.29, 1.82) is 0 Å². The summed E-state index contributed by atoms with van der Waals surface area (Å²) >= 11 is 7.34. The van der Waals surface area contributed by atoms with Crippen molar-refractivity contribution in [1.82, 2.24) is 5.16 Å². The number of nitrogens with one attached hydrogen (secondary N) is 1. The van der Waals surface area contributed by atoms with Crippen LogP contribution in [0.4, 0.5) is 5.82 Å². The van der Waals surface area contributed by atoms with Crippen molar-refractivity contribution in [2.75, 3.05) is 23.4 Å². The molecule has 7 heteroatoms. The van der Waals surface area contributed by atoms with Crippen molar-refractivity contribution < 1.29 is 14.1 Å². The third kappa shape index (κ3) is 5.69. The molecule has 0 aliphatic rings. The summed E-state index contributed by atoms with van der Waals surface area (Å²) in [5.74, 6) is 2.76. The van der Waals surface area contributed by atoms with Gasteiger partial charge in [-0.2, -0.15) is 0 Å². The minimum atomic E-state index is -0.115. The van der Waals surface area contributed by atoms with Crippen molar-refractivity contribution in [3.63, 3.8) is 0 Å². The Morgan fingerprint density at radius 1 is 1.48 bits per heavy atom. The molecule has 112 valence electrons. The van der Waals surface area contributed by atoms with E-state index in [2.05, 4.69) is 10.5 Å². The third-order valence-corrected chi connectivity index (χ3v) is 3.58. The second-order valence-electron chi connectivity index (χ2n) is 4.23. The lowest BCUT2D eigenvalue weighted by Crippen LogP contribution is -2.15. The van der Waals surface area contributed by atoms with Crippen LogP contribution in [0.25, 0.3) is 0 Å². The van der Waals surface area contributed by atoms with Crippen LogP contribution in [0, 0.1) is 6.92 Å². The Bertz CT molecular complexity index is 603. The Hall–Kier alpha value is -1.66. The number of rotatable bonds is 7. The number of anilines is 1. The van der Waals surface area contributed by atoms with E-state index in [0.717, 1.165) is 5.75 Å². The summed E-state index contributed by atoms with van der Waals surface area (Å²) in [4.78, 5) is 11.6. The number of aryl methyl sites for hydroxylation is 1. The van der Waals surface area contributed by atoms with Gasteiger partial charge in [-0.3, -0.25) is 4.79 Å². The number of carbonyl (C=O) groups excluding carboxylic acids is 1. The molecule has 5 nitrogen and oxygen atoms in total. The average molecular weight is 327 g/mol. The van der Waals surface area contributed by atoms with Gasteiger partial charge in [-0.1, -0.05) is 22.8 Å². The van der Waals surface area contributed by atoms with E-state index in [1.165, 1.54) is 11.8 Å². The number of amides is 1.